The number of benzene rings is 1. The summed E-state index contributed by atoms with van der Waals surface area (Å²) in [6, 6.07) is 10.7. The van der Waals surface area contributed by atoms with E-state index in [1.807, 2.05) is 18.2 Å². The Morgan fingerprint density at radius 2 is 2.19 bits per heavy atom. The van der Waals surface area contributed by atoms with Crippen molar-refractivity contribution in [3.05, 3.63) is 58.7 Å². The maximum Gasteiger partial charge on any atom is 0.417 e. The van der Waals surface area contributed by atoms with Gasteiger partial charge in [-0.2, -0.15) is 0 Å². The predicted octanol–water partition coefficient (Wildman–Crippen LogP) is 2.09. The molecule has 1 amide bonds. The molecule has 106 valence electrons. The molecule has 3 aromatic rings. The van der Waals surface area contributed by atoms with E-state index < -0.39 is 5.76 Å². The van der Waals surface area contributed by atoms with E-state index in [-0.39, 0.29) is 5.91 Å². The minimum Gasteiger partial charge on any atom is -0.408 e. The van der Waals surface area contributed by atoms with Crippen molar-refractivity contribution in [2.45, 2.75) is 12.8 Å². The number of carbonyl (C=O) groups is 1. The van der Waals surface area contributed by atoms with Crippen molar-refractivity contribution < 1.29 is 9.21 Å². The molecular weight excluding hydrogens is 270 g/mol. The number of carbonyl (C=O) groups excluding carboxylic acids is 1. The van der Waals surface area contributed by atoms with Crippen molar-refractivity contribution in [2.24, 2.45) is 0 Å². The van der Waals surface area contributed by atoms with Crippen LogP contribution in [-0.4, -0.2) is 15.9 Å². The van der Waals surface area contributed by atoms with Gasteiger partial charge in [0.15, 0.2) is 5.58 Å². The Labute approximate surface area is 119 Å². The van der Waals surface area contributed by atoms with E-state index in [1.165, 1.54) is 0 Å². The highest BCUT2D eigenvalue weighted by atomic mass is 16.4. The molecule has 0 saturated carbocycles. The van der Waals surface area contributed by atoms with Gasteiger partial charge in [0.2, 0.25) is 5.91 Å². The second-order valence-electron chi connectivity index (χ2n) is 4.61. The highest BCUT2D eigenvalue weighted by molar-refractivity contribution is 5.89. The molecule has 2 heterocycles. The van der Waals surface area contributed by atoms with Crippen molar-refractivity contribution in [1.29, 1.82) is 0 Å². The third-order valence-electron chi connectivity index (χ3n) is 3.06. The molecule has 0 bridgehead atoms. The Balaban J connectivity index is 1.63. The number of hydrogen-bond acceptors (Lipinski definition) is 4. The summed E-state index contributed by atoms with van der Waals surface area (Å²) in [6.45, 7) is 0. The Morgan fingerprint density at radius 1 is 1.29 bits per heavy atom. The normalized spacial score (nSPS) is 10.7. The maximum absolute atomic E-state index is 11.8. The summed E-state index contributed by atoms with van der Waals surface area (Å²) in [5.41, 5.74) is 2.11. The average molecular weight is 283 g/mol. The molecule has 0 radical (unpaired) electrons. The first-order valence-electron chi connectivity index (χ1n) is 6.53. The first-order chi connectivity index (χ1) is 10.2. The zero-order chi connectivity index (χ0) is 14.7. The molecule has 0 spiro atoms. The van der Waals surface area contributed by atoms with Gasteiger partial charge in [0.25, 0.3) is 0 Å². The van der Waals surface area contributed by atoms with E-state index >= 15 is 0 Å². The molecular formula is C15H13N3O3. The number of H-pyrrole nitrogens is 1. The Bertz CT molecular complexity index is 821. The van der Waals surface area contributed by atoms with Gasteiger partial charge in [-0.1, -0.05) is 12.1 Å². The summed E-state index contributed by atoms with van der Waals surface area (Å²) in [6.07, 6.45) is 2.53. The first-order valence-corrected chi connectivity index (χ1v) is 6.53. The molecule has 2 aromatic heterocycles. The topological polar surface area (TPSA) is 88.0 Å². The lowest BCUT2D eigenvalue weighted by atomic mass is 10.1. The summed E-state index contributed by atoms with van der Waals surface area (Å²) >= 11 is 0. The zero-order valence-corrected chi connectivity index (χ0v) is 11.1. The third kappa shape index (κ3) is 3.17. The van der Waals surface area contributed by atoms with Crippen molar-refractivity contribution in [2.75, 3.05) is 5.32 Å². The van der Waals surface area contributed by atoms with Crippen molar-refractivity contribution >= 4 is 22.8 Å². The highest BCUT2D eigenvalue weighted by Crippen LogP contribution is 2.14. The zero-order valence-electron chi connectivity index (χ0n) is 11.1. The van der Waals surface area contributed by atoms with E-state index in [0.29, 0.717) is 29.8 Å². The SMILES string of the molecule is O=C(CCc1ccc2oc(=O)[nH]c2c1)Nc1ccccn1. The second kappa shape index (κ2) is 5.62. The Hall–Kier alpha value is -2.89. The van der Waals surface area contributed by atoms with E-state index in [1.54, 1.807) is 24.4 Å². The summed E-state index contributed by atoms with van der Waals surface area (Å²) in [5.74, 6) is -0.0401. The molecule has 0 atom stereocenters. The molecule has 2 N–H and O–H groups in total. The lowest BCUT2D eigenvalue weighted by Crippen LogP contribution is -2.13. The van der Waals surface area contributed by atoms with Crippen LogP contribution >= 0.6 is 0 Å². The summed E-state index contributed by atoms with van der Waals surface area (Å²) in [4.78, 5) is 29.5. The number of fused-ring (bicyclic) bond motifs is 1. The van der Waals surface area contributed by atoms with Gasteiger partial charge in [-0.25, -0.2) is 9.78 Å². The summed E-state index contributed by atoms with van der Waals surface area (Å²) < 4.78 is 4.93. The Morgan fingerprint density at radius 3 is 3.00 bits per heavy atom. The van der Waals surface area contributed by atoms with E-state index in [9.17, 15) is 9.59 Å². The fraction of sp³-hybridized carbons (Fsp3) is 0.133. The average Bonchev–Trinajstić information content (AvgIpc) is 2.85. The van der Waals surface area contributed by atoms with Crippen LogP contribution < -0.4 is 11.1 Å². The third-order valence-corrected chi connectivity index (χ3v) is 3.06. The number of aromatic amines is 1. The van der Waals surface area contributed by atoms with Crippen LogP contribution in [0.1, 0.15) is 12.0 Å². The van der Waals surface area contributed by atoms with Gasteiger partial charge in [0, 0.05) is 12.6 Å². The quantitative estimate of drug-likeness (QED) is 0.767. The molecule has 0 unspecified atom stereocenters. The van der Waals surface area contributed by atoms with E-state index in [2.05, 4.69) is 15.3 Å². The van der Waals surface area contributed by atoms with Crippen molar-refractivity contribution in [3.8, 4) is 0 Å². The minimum atomic E-state index is -0.477. The van der Waals surface area contributed by atoms with Gasteiger partial charge in [-0.15, -0.1) is 0 Å². The van der Waals surface area contributed by atoms with Crippen LogP contribution in [0.15, 0.2) is 51.8 Å². The lowest BCUT2D eigenvalue weighted by molar-refractivity contribution is -0.116. The van der Waals surface area contributed by atoms with E-state index in [4.69, 9.17) is 4.42 Å². The molecule has 0 aliphatic heterocycles. The fourth-order valence-electron chi connectivity index (χ4n) is 2.05. The van der Waals surface area contributed by atoms with Crippen LogP contribution in [0.25, 0.3) is 11.1 Å². The number of aryl methyl sites for hydroxylation is 1. The molecule has 0 saturated heterocycles. The van der Waals surface area contributed by atoms with Crippen LogP contribution in [0.4, 0.5) is 5.82 Å². The minimum absolute atomic E-state index is 0.102. The molecule has 0 fully saturated rings. The number of nitrogens with one attached hydrogen (secondary N) is 2. The lowest BCUT2D eigenvalue weighted by Gasteiger charge is -2.04. The first kappa shape index (κ1) is 13.1. The molecule has 6 heteroatoms. The van der Waals surface area contributed by atoms with Gasteiger partial charge in [0.05, 0.1) is 5.52 Å². The Kier molecular flexibility index (Phi) is 3.51. The van der Waals surface area contributed by atoms with Gasteiger partial charge >= 0.3 is 5.76 Å². The number of nitrogens with zero attached hydrogens (tertiary/aromatic N) is 1. The number of amides is 1. The number of hydrogen-bond donors (Lipinski definition) is 2. The van der Waals surface area contributed by atoms with Crippen LogP contribution in [0.3, 0.4) is 0 Å². The summed E-state index contributed by atoms with van der Waals surface area (Å²) in [7, 11) is 0. The maximum atomic E-state index is 11.8. The number of anilines is 1. The van der Waals surface area contributed by atoms with Gasteiger partial charge in [0.1, 0.15) is 5.82 Å². The molecule has 0 aliphatic carbocycles. The number of aromatic nitrogens is 2. The van der Waals surface area contributed by atoms with Crippen molar-refractivity contribution in [1.82, 2.24) is 9.97 Å². The standard InChI is InChI=1S/C15H13N3O3/c19-14(18-13-3-1-2-8-16-13)7-5-10-4-6-12-11(9-10)17-15(20)21-12/h1-4,6,8-9H,5,7H2,(H,17,20)(H,16,18,19). The second-order valence-corrected chi connectivity index (χ2v) is 4.61. The molecule has 1 aromatic carbocycles. The van der Waals surface area contributed by atoms with Gasteiger partial charge in [-0.3, -0.25) is 9.78 Å². The molecule has 21 heavy (non-hydrogen) atoms. The van der Waals surface area contributed by atoms with Crippen LogP contribution in [0, 0.1) is 0 Å². The predicted molar refractivity (Wildman–Crippen MR) is 78.0 cm³/mol. The highest BCUT2D eigenvalue weighted by Gasteiger charge is 2.06. The van der Waals surface area contributed by atoms with Crippen molar-refractivity contribution in [3.63, 3.8) is 0 Å². The molecule has 3 rings (SSSR count). The monoisotopic (exact) mass is 283 g/mol. The van der Waals surface area contributed by atoms with Gasteiger partial charge < -0.3 is 9.73 Å². The molecule has 6 nitrogen and oxygen atoms in total. The smallest absolute Gasteiger partial charge is 0.408 e. The van der Waals surface area contributed by atoms with E-state index in [0.717, 1.165) is 5.56 Å². The molecule has 0 aliphatic rings. The van der Waals surface area contributed by atoms with Gasteiger partial charge in [-0.05, 0) is 36.2 Å². The van der Waals surface area contributed by atoms with Crippen LogP contribution in [0.5, 0.6) is 0 Å². The van der Waals surface area contributed by atoms with Crippen LogP contribution in [-0.2, 0) is 11.2 Å². The van der Waals surface area contributed by atoms with Crippen LogP contribution in [0.2, 0.25) is 0 Å². The summed E-state index contributed by atoms with van der Waals surface area (Å²) in [5, 5.41) is 2.73. The number of oxazole rings is 1. The number of rotatable bonds is 4. The fourth-order valence-corrected chi connectivity index (χ4v) is 2.05. The largest absolute Gasteiger partial charge is 0.417 e. The number of pyridine rings is 1.